The van der Waals surface area contributed by atoms with Crippen molar-refractivity contribution in [3.63, 3.8) is 0 Å². The lowest BCUT2D eigenvalue weighted by atomic mass is 9.79. The van der Waals surface area contributed by atoms with Gasteiger partial charge in [-0.1, -0.05) is 43.5 Å². The zero-order chi connectivity index (χ0) is 24.7. The first-order chi connectivity index (χ1) is 17.5. The third-order valence-corrected chi connectivity index (χ3v) is 8.80. The lowest BCUT2D eigenvalue weighted by molar-refractivity contribution is 0.0543. The summed E-state index contributed by atoms with van der Waals surface area (Å²) >= 11 is 0. The van der Waals surface area contributed by atoms with Crippen LogP contribution in [0.2, 0.25) is 0 Å². The number of hydrogen-bond acceptors (Lipinski definition) is 5. The van der Waals surface area contributed by atoms with Crippen LogP contribution >= 0.6 is 0 Å². The Balaban J connectivity index is 1.16. The van der Waals surface area contributed by atoms with E-state index in [1.165, 1.54) is 30.4 Å². The van der Waals surface area contributed by atoms with E-state index in [2.05, 4.69) is 51.4 Å². The topological polar surface area (TPSA) is 75.1 Å². The number of nitrogens with one attached hydrogen (secondary N) is 2. The number of aromatic nitrogens is 3. The minimum absolute atomic E-state index is 0.0372. The number of carbonyl (C=O) groups is 1. The first kappa shape index (κ1) is 23.5. The molecule has 2 fully saturated rings. The molecule has 1 amide bonds. The van der Waals surface area contributed by atoms with Gasteiger partial charge in [0.15, 0.2) is 0 Å². The van der Waals surface area contributed by atoms with Gasteiger partial charge in [-0.25, -0.2) is 4.98 Å². The smallest absolute Gasteiger partial charge is 0.270 e. The molecule has 190 valence electrons. The number of anilines is 1. The van der Waals surface area contributed by atoms with E-state index < -0.39 is 0 Å². The fraction of sp³-hybridized carbons (Fsp3) is 0.552. The van der Waals surface area contributed by atoms with Gasteiger partial charge in [0.2, 0.25) is 5.95 Å². The van der Waals surface area contributed by atoms with Crippen molar-refractivity contribution in [2.24, 2.45) is 0 Å². The Morgan fingerprint density at radius 3 is 2.58 bits per heavy atom. The number of rotatable bonds is 5. The van der Waals surface area contributed by atoms with Gasteiger partial charge in [0.25, 0.3) is 5.91 Å². The van der Waals surface area contributed by atoms with Crippen LogP contribution in [0.1, 0.15) is 79.4 Å². The number of aryl methyl sites for hydroxylation is 1. The standard InChI is InChI=1S/C29H38N6O/c1-20-8-4-5-9-21(20)17-30-23-10-12-24(13-11-23)32-28-31-18-22-16-25-27(36)34(2)19-29(14-6-3-7-15-29)35(25)26(22)33-28/h4-5,8-9,16,18,23-24,30H,3,6-7,10-15,17,19H2,1-2H3,(H,31,32,33). The normalized spacial score (nSPS) is 23.7. The summed E-state index contributed by atoms with van der Waals surface area (Å²) in [7, 11) is 1.94. The first-order valence-corrected chi connectivity index (χ1v) is 13.7. The molecule has 1 spiro atoms. The molecule has 0 bridgehead atoms. The van der Waals surface area contributed by atoms with Crippen LogP contribution in [0.25, 0.3) is 11.0 Å². The summed E-state index contributed by atoms with van der Waals surface area (Å²) < 4.78 is 2.28. The molecular formula is C29H38N6O. The van der Waals surface area contributed by atoms with Crippen molar-refractivity contribution in [3.8, 4) is 0 Å². The van der Waals surface area contributed by atoms with Crippen molar-refractivity contribution in [1.29, 1.82) is 0 Å². The largest absolute Gasteiger partial charge is 0.351 e. The summed E-state index contributed by atoms with van der Waals surface area (Å²) in [6.07, 6.45) is 12.3. The van der Waals surface area contributed by atoms with Gasteiger partial charge < -0.3 is 20.1 Å². The highest BCUT2D eigenvalue weighted by Gasteiger charge is 2.43. The van der Waals surface area contributed by atoms with Crippen LogP contribution in [0, 0.1) is 6.92 Å². The van der Waals surface area contributed by atoms with Crippen LogP contribution in [-0.4, -0.2) is 51.0 Å². The van der Waals surface area contributed by atoms with E-state index in [0.29, 0.717) is 18.0 Å². The Morgan fingerprint density at radius 1 is 1.06 bits per heavy atom. The van der Waals surface area contributed by atoms with Gasteiger partial charge in [0, 0.05) is 43.8 Å². The molecule has 2 saturated carbocycles. The van der Waals surface area contributed by atoms with E-state index in [0.717, 1.165) is 68.3 Å². The molecule has 1 aliphatic heterocycles. The average molecular weight is 487 g/mol. The predicted molar refractivity (Wildman–Crippen MR) is 143 cm³/mol. The molecule has 2 N–H and O–H groups in total. The molecule has 3 aromatic rings. The first-order valence-electron chi connectivity index (χ1n) is 13.7. The maximum atomic E-state index is 13.0. The van der Waals surface area contributed by atoms with Gasteiger partial charge in [0.05, 0.1) is 5.54 Å². The molecule has 36 heavy (non-hydrogen) atoms. The van der Waals surface area contributed by atoms with E-state index in [4.69, 9.17) is 4.98 Å². The molecule has 7 nitrogen and oxygen atoms in total. The van der Waals surface area contributed by atoms with Gasteiger partial charge in [-0.2, -0.15) is 4.98 Å². The maximum Gasteiger partial charge on any atom is 0.270 e. The van der Waals surface area contributed by atoms with Crippen molar-refractivity contribution < 1.29 is 4.79 Å². The van der Waals surface area contributed by atoms with Crippen LogP contribution in [0.3, 0.4) is 0 Å². The third kappa shape index (κ3) is 4.27. The number of likely N-dealkylation sites (N-methyl/N-ethyl adjacent to an activating group) is 1. The number of benzene rings is 1. The Kier molecular flexibility index (Phi) is 6.20. The van der Waals surface area contributed by atoms with Crippen molar-refractivity contribution in [1.82, 2.24) is 24.8 Å². The Labute approximate surface area is 213 Å². The zero-order valence-electron chi connectivity index (χ0n) is 21.6. The average Bonchev–Trinajstić information content (AvgIpc) is 3.28. The van der Waals surface area contributed by atoms with Crippen molar-refractivity contribution in [3.05, 3.63) is 53.3 Å². The number of hydrogen-bond donors (Lipinski definition) is 2. The predicted octanol–water partition coefficient (Wildman–Crippen LogP) is 5.00. The highest BCUT2D eigenvalue weighted by molar-refractivity contribution is 5.99. The second-order valence-corrected chi connectivity index (χ2v) is 11.3. The molecule has 3 aliphatic rings. The number of carbonyl (C=O) groups excluding carboxylic acids is 1. The lowest BCUT2D eigenvalue weighted by Crippen LogP contribution is -2.53. The Bertz CT molecular complexity index is 1250. The van der Waals surface area contributed by atoms with E-state index in [-0.39, 0.29) is 11.4 Å². The van der Waals surface area contributed by atoms with E-state index >= 15 is 0 Å². The van der Waals surface area contributed by atoms with Crippen LogP contribution in [0.5, 0.6) is 0 Å². The Morgan fingerprint density at radius 2 is 1.81 bits per heavy atom. The third-order valence-electron chi connectivity index (χ3n) is 8.80. The fourth-order valence-electron chi connectivity index (χ4n) is 6.75. The molecule has 6 rings (SSSR count). The highest BCUT2D eigenvalue weighted by atomic mass is 16.2. The van der Waals surface area contributed by atoms with Crippen molar-refractivity contribution >= 4 is 22.9 Å². The van der Waals surface area contributed by atoms with Crippen LogP contribution in [0.15, 0.2) is 36.5 Å². The molecule has 0 radical (unpaired) electrons. The maximum absolute atomic E-state index is 13.0. The second-order valence-electron chi connectivity index (χ2n) is 11.3. The van der Waals surface area contributed by atoms with Crippen molar-refractivity contribution in [2.45, 2.75) is 88.9 Å². The van der Waals surface area contributed by atoms with Crippen LogP contribution < -0.4 is 10.6 Å². The summed E-state index contributed by atoms with van der Waals surface area (Å²) in [6, 6.07) is 11.5. The van der Waals surface area contributed by atoms with Gasteiger partial charge in [-0.05, 0) is 62.6 Å². The molecular weight excluding hydrogens is 448 g/mol. The summed E-state index contributed by atoms with van der Waals surface area (Å²) in [5.41, 5.74) is 4.38. The number of amides is 1. The molecule has 0 saturated heterocycles. The minimum atomic E-state index is -0.0372. The van der Waals surface area contributed by atoms with Gasteiger partial charge >= 0.3 is 0 Å². The summed E-state index contributed by atoms with van der Waals surface area (Å²) in [5, 5.41) is 8.35. The quantitative estimate of drug-likeness (QED) is 0.531. The van der Waals surface area contributed by atoms with Gasteiger partial charge in [-0.3, -0.25) is 4.79 Å². The Hall–Kier alpha value is -2.93. The van der Waals surface area contributed by atoms with Crippen LogP contribution in [0.4, 0.5) is 5.95 Å². The molecule has 7 heteroatoms. The molecule has 2 aromatic heterocycles. The van der Waals surface area contributed by atoms with E-state index in [1.54, 1.807) is 0 Å². The molecule has 0 atom stereocenters. The SMILES string of the molecule is Cc1ccccc1CNC1CCC(Nc2ncc3cc4n(c3n2)C2(CCCCC2)CN(C)C4=O)CC1. The zero-order valence-corrected chi connectivity index (χ0v) is 21.6. The second kappa shape index (κ2) is 9.51. The lowest BCUT2D eigenvalue weighted by Gasteiger charge is -2.45. The van der Waals surface area contributed by atoms with Gasteiger partial charge in [-0.15, -0.1) is 0 Å². The van der Waals surface area contributed by atoms with Gasteiger partial charge in [0.1, 0.15) is 11.3 Å². The summed E-state index contributed by atoms with van der Waals surface area (Å²) in [5.74, 6) is 0.785. The fourth-order valence-corrected chi connectivity index (χ4v) is 6.75. The molecule has 3 heterocycles. The summed E-state index contributed by atoms with van der Waals surface area (Å²) in [4.78, 5) is 24.6. The molecule has 0 unspecified atom stereocenters. The monoisotopic (exact) mass is 486 g/mol. The van der Waals surface area contributed by atoms with Crippen LogP contribution in [-0.2, 0) is 12.1 Å². The van der Waals surface area contributed by atoms with Crippen molar-refractivity contribution in [2.75, 3.05) is 18.9 Å². The highest BCUT2D eigenvalue weighted by Crippen LogP contribution is 2.42. The van der Waals surface area contributed by atoms with E-state index in [1.807, 2.05) is 24.2 Å². The number of fused-ring (bicyclic) bond motifs is 4. The van der Waals surface area contributed by atoms with E-state index in [9.17, 15) is 4.79 Å². The molecule has 2 aliphatic carbocycles. The summed E-state index contributed by atoms with van der Waals surface area (Å²) in [6.45, 7) is 3.89. The minimum Gasteiger partial charge on any atom is -0.351 e. The molecule has 1 aromatic carbocycles. The number of nitrogens with zero attached hydrogens (tertiary/aromatic N) is 4.